The molecule has 7 rings (SSSR count). The summed E-state index contributed by atoms with van der Waals surface area (Å²) in [7, 11) is 5.46. The number of carbonyl (C=O) groups is 1. The van der Waals surface area contributed by atoms with Gasteiger partial charge in [0, 0.05) is 55.9 Å². The van der Waals surface area contributed by atoms with Gasteiger partial charge < -0.3 is 24.5 Å². The Labute approximate surface area is 242 Å². The number of likely N-dealkylation sites (tertiary alicyclic amines) is 1. The first kappa shape index (κ1) is 26.6. The highest BCUT2D eigenvalue weighted by Gasteiger charge is 2.30. The van der Waals surface area contributed by atoms with Crippen molar-refractivity contribution in [2.24, 2.45) is 25.7 Å². The van der Waals surface area contributed by atoms with Crippen LogP contribution in [0.1, 0.15) is 35.3 Å². The Morgan fingerprint density at radius 1 is 1.14 bits per heavy atom. The van der Waals surface area contributed by atoms with Gasteiger partial charge in [0.2, 0.25) is 0 Å². The van der Waals surface area contributed by atoms with Gasteiger partial charge in [0.25, 0.3) is 5.91 Å². The number of aryl methyl sites for hydroxylation is 3. The van der Waals surface area contributed by atoms with Crippen LogP contribution in [0.3, 0.4) is 0 Å². The molecule has 5 heterocycles. The van der Waals surface area contributed by atoms with Crippen LogP contribution >= 0.6 is 0 Å². The van der Waals surface area contributed by atoms with Crippen molar-refractivity contribution in [3.8, 4) is 28.5 Å². The largest absolute Gasteiger partial charge is 0.494 e. The molecule has 2 fully saturated rings. The normalized spacial score (nSPS) is 19.2. The third kappa shape index (κ3) is 4.52. The number of imidazole rings is 1. The highest BCUT2D eigenvalue weighted by atomic mass is 19.1. The number of nitrogens with two attached hydrogens (primary N) is 1. The molecule has 0 spiro atoms. The van der Waals surface area contributed by atoms with Gasteiger partial charge in [-0.25, -0.2) is 14.4 Å². The van der Waals surface area contributed by atoms with E-state index in [0.29, 0.717) is 29.3 Å². The van der Waals surface area contributed by atoms with Crippen LogP contribution in [0.5, 0.6) is 5.75 Å². The monoisotopic (exact) mass is 570 g/mol. The summed E-state index contributed by atoms with van der Waals surface area (Å²) < 4.78 is 26.1. The van der Waals surface area contributed by atoms with E-state index in [-0.39, 0.29) is 24.9 Å². The summed E-state index contributed by atoms with van der Waals surface area (Å²) in [6.07, 6.45) is 3.53. The molecule has 0 radical (unpaired) electrons. The van der Waals surface area contributed by atoms with Gasteiger partial charge in [-0.05, 0) is 62.4 Å². The Hall–Kier alpha value is -4.25. The number of piperidine rings is 1. The third-order valence-corrected chi connectivity index (χ3v) is 8.52. The van der Waals surface area contributed by atoms with E-state index < -0.39 is 6.17 Å². The molecule has 42 heavy (non-hydrogen) atoms. The summed E-state index contributed by atoms with van der Waals surface area (Å²) in [5.74, 6) is 1.63. The van der Waals surface area contributed by atoms with Gasteiger partial charge in [0.05, 0.1) is 36.3 Å². The van der Waals surface area contributed by atoms with E-state index in [2.05, 4.69) is 21.8 Å². The van der Waals surface area contributed by atoms with Crippen molar-refractivity contribution in [1.82, 2.24) is 33.8 Å². The summed E-state index contributed by atoms with van der Waals surface area (Å²) in [6.45, 7) is 3.21. The van der Waals surface area contributed by atoms with Gasteiger partial charge in [0.15, 0.2) is 5.82 Å². The predicted octanol–water partition coefficient (Wildman–Crippen LogP) is 4.23. The molecule has 2 aliphatic rings. The van der Waals surface area contributed by atoms with E-state index in [1.165, 1.54) is 17.7 Å². The van der Waals surface area contributed by atoms with Gasteiger partial charge in [-0.3, -0.25) is 9.48 Å². The molecule has 1 aromatic carbocycles. The molecule has 5 aromatic rings. The molecule has 4 aromatic heterocycles. The molecule has 0 unspecified atom stereocenters. The van der Waals surface area contributed by atoms with E-state index in [1.807, 2.05) is 42.5 Å². The maximum atomic E-state index is 14.2. The number of rotatable bonds is 6. The molecule has 1 aliphatic heterocycles. The molecule has 2 N–H and O–H groups in total. The second-order valence-electron chi connectivity index (χ2n) is 11.8. The molecule has 2 atom stereocenters. The minimum atomic E-state index is -1.13. The van der Waals surface area contributed by atoms with Crippen molar-refractivity contribution in [2.75, 3.05) is 20.2 Å². The second kappa shape index (κ2) is 9.94. The number of alkyl halides is 1. The second-order valence-corrected chi connectivity index (χ2v) is 11.8. The topological polar surface area (TPSA) is 109 Å². The number of hydrogen-bond donors (Lipinski definition) is 1. The number of aromatic nitrogens is 6. The van der Waals surface area contributed by atoms with E-state index >= 15 is 0 Å². The van der Waals surface area contributed by atoms with Crippen LogP contribution < -0.4 is 10.5 Å². The predicted molar refractivity (Wildman–Crippen MR) is 159 cm³/mol. The fourth-order valence-corrected chi connectivity index (χ4v) is 6.30. The Morgan fingerprint density at radius 2 is 1.95 bits per heavy atom. The van der Waals surface area contributed by atoms with Gasteiger partial charge in [-0.15, -0.1) is 0 Å². The molecule has 10 nitrogen and oxygen atoms in total. The molecular formula is C31H35FN8O2. The summed E-state index contributed by atoms with van der Waals surface area (Å²) in [6, 6.07) is 9.40. The first-order valence-electron chi connectivity index (χ1n) is 14.4. The maximum Gasteiger partial charge on any atom is 0.254 e. The standard InChI is InChI=1S/C31H35FN8O2/c1-17-23(16-37(2)36-17)24-8-7-19-10-26(40(29(19)34-24)13-18-5-6-18)30-35-25-9-20(11-27(42-4)28(25)38(30)3)31(41)39-14-21(32)12-22(33)15-39/h7-11,16,18,21-22H,5-6,12-15,33H2,1-4H3/t21-,22-/m1/s1. The number of ether oxygens (including phenoxy) is 1. The average Bonchev–Trinajstić information content (AvgIpc) is 3.50. The number of nitrogens with zero attached hydrogens (tertiary/aromatic N) is 7. The number of pyridine rings is 1. The highest BCUT2D eigenvalue weighted by Crippen LogP contribution is 2.38. The van der Waals surface area contributed by atoms with Crippen LogP contribution in [0.15, 0.2) is 36.5 Å². The van der Waals surface area contributed by atoms with Crippen molar-refractivity contribution in [3.05, 3.63) is 47.8 Å². The Bertz CT molecular complexity index is 1840. The fraction of sp³-hybridized carbons (Fsp3) is 0.419. The number of halogens is 1. The molecule has 218 valence electrons. The first-order chi connectivity index (χ1) is 20.2. The van der Waals surface area contributed by atoms with Gasteiger partial charge in [-0.1, -0.05) is 0 Å². The Morgan fingerprint density at radius 3 is 2.64 bits per heavy atom. The van der Waals surface area contributed by atoms with Crippen molar-refractivity contribution in [1.29, 1.82) is 0 Å². The number of carbonyl (C=O) groups excluding carboxylic acids is 1. The summed E-state index contributed by atoms with van der Waals surface area (Å²) >= 11 is 0. The lowest BCUT2D eigenvalue weighted by atomic mass is 10.0. The van der Waals surface area contributed by atoms with Gasteiger partial charge >= 0.3 is 0 Å². The van der Waals surface area contributed by atoms with Gasteiger partial charge in [0.1, 0.15) is 23.1 Å². The first-order valence-corrected chi connectivity index (χ1v) is 14.4. The number of hydrogen-bond acceptors (Lipinski definition) is 6. The van der Waals surface area contributed by atoms with Crippen molar-refractivity contribution < 1.29 is 13.9 Å². The van der Waals surface area contributed by atoms with E-state index in [0.717, 1.165) is 51.6 Å². The van der Waals surface area contributed by atoms with Crippen LogP contribution in [-0.2, 0) is 20.6 Å². The molecular weight excluding hydrogens is 535 g/mol. The lowest BCUT2D eigenvalue weighted by Gasteiger charge is -2.33. The zero-order chi connectivity index (χ0) is 29.3. The lowest BCUT2D eigenvalue weighted by molar-refractivity contribution is 0.0606. The molecule has 1 saturated heterocycles. The van der Waals surface area contributed by atoms with Crippen LogP contribution in [0, 0.1) is 12.8 Å². The summed E-state index contributed by atoms with van der Waals surface area (Å²) in [5.41, 5.74) is 12.5. The lowest BCUT2D eigenvalue weighted by Crippen LogP contribution is -2.50. The number of benzene rings is 1. The van der Waals surface area contributed by atoms with E-state index in [9.17, 15) is 9.18 Å². The number of methoxy groups -OCH3 is 1. The minimum Gasteiger partial charge on any atom is -0.494 e. The quantitative estimate of drug-likeness (QED) is 0.327. The Kier molecular flexibility index (Phi) is 6.30. The average molecular weight is 571 g/mol. The van der Waals surface area contributed by atoms with Crippen LogP contribution in [-0.4, -0.2) is 72.1 Å². The fourth-order valence-electron chi connectivity index (χ4n) is 6.30. The molecule has 11 heteroatoms. The van der Waals surface area contributed by atoms with Gasteiger partial charge in [-0.2, -0.15) is 5.10 Å². The van der Waals surface area contributed by atoms with Crippen LogP contribution in [0.25, 0.3) is 44.8 Å². The molecule has 1 saturated carbocycles. The SMILES string of the molecule is COc1cc(C(=O)N2C[C@H](N)C[C@@H](F)C2)cc2nc(-c3cc4ccc(-c5cn(C)nc5C)nc4n3CC3CC3)n(C)c12. The summed E-state index contributed by atoms with van der Waals surface area (Å²) in [4.78, 5) is 25.1. The Balaban J connectivity index is 1.35. The highest BCUT2D eigenvalue weighted by molar-refractivity contribution is 6.00. The van der Waals surface area contributed by atoms with Crippen molar-refractivity contribution in [3.63, 3.8) is 0 Å². The number of fused-ring (bicyclic) bond motifs is 2. The maximum absolute atomic E-state index is 14.2. The summed E-state index contributed by atoms with van der Waals surface area (Å²) in [5, 5.41) is 5.54. The minimum absolute atomic E-state index is 0.0369. The third-order valence-electron chi connectivity index (χ3n) is 8.52. The van der Waals surface area contributed by atoms with E-state index in [4.69, 9.17) is 20.4 Å². The van der Waals surface area contributed by atoms with Crippen molar-refractivity contribution in [2.45, 2.75) is 44.9 Å². The van der Waals surface area contributed by atoms with E-state index in [1.54, 1.807) is 19.2 Å². The molecule has 1 amide bonds. The zero-order valence-electron chi connectivity index (χ0n) is 24.3. The smallest absolute Gasteiger partial charge is 0.254 e. The number of amides is 1. The van der Waals surface area contributed by atoms with Crippen molar-refractivity contribution >= 4 is 28.0 Å². The zero-order valence-corrected chi connectivity index (χ0v) is 24.3. The molecule has 1 aliphatic carbocycles. The van der Waals surface area contributed by atoms with Crippen LogP contribution in [0.4, 0.5) is 4.39 Å². The molecule has 0 bridgehead atoms. The van der Waals surface area contributed by atoms with Crippen LogP contribution in [0.2, 0.25) is 0 Å².